The van der Waals surface area contributed by atoms with Gasteiger partial charge in [0.05, 0.1) is 12.7 Å². The van der Waals surface area contributed by atoms with E-state index in [1.807, 2.05) is 62.4 Å². The van der Waals surface area contributed by atoms with Gasteiger partial charge in [0.25, 0.3) is 0 Å². The normalized spacial score (nSPS) is 23.3. The number of rotatable bonds is 10. The molecule has 5 unspecified atom stereocenters. The van der Waals surface area contributed by atoms with Gasteiger partial charge in [-0.3, -0.25) is 4.79 Å². The lowest BCUT2D eigenvalue weighted by Crippen LogP contribution is -2.54. The SMILES string of the molecule is CCOc1ccc(Cc2cc(C3OC(CSc4ccccc4C(=O)CC)C(O)C(O)C3O)ccc2Cl)cc1. The smallest absolute Gasteiger partial charge is 0.163 e. The van der Waals surface area contributed by atoms with E-state index in [2.05, 4.69) is 0 Å². The maximum Gasteiger partial charge on any atom is 0.163 e. The van der Waals surface area contributed by atoms with E-state index in [1.54, 1.807) is 18.2 Å². The van der Waals surface area contributed by atoms with Crippen molar-refractivity contribution < 1.29 is 29.6 Å². The van der Waals surface area contributed by atoms with Crippen LogP contribution in [0.4, 0.5) is 0 Å². The largest absolute Gasteiger partial charge is 0.494 e. The number of thioether (sulfide) groups is 1. The Morgan fingerprint density at radius 2 is 1.71 bits per heavy atom. The molecule has 3 aromatic rings. The molecule has 0 aromatic heterocycles. The summed E-state index contributed by atoms with van der Waals surface area (Å²) in [5.41, 5.74) is 3.18. The Kier molecular flexibility index (Phi) is 9.87. The standard InChI is InChI=1S/C30H33ClO6S/c1-3-24(32)22-7-5-6-8-26(22)38-17-25-27(33)28(34)29(35)30(37-25)19-11-14-23(31)20(16-19)15-18-9-12-21(13-10-18)36-4-2/h5-14,16,25,27-30,33-35H,3-4,15,17H2,1-2H3. The number of ether oxygens (including phenoxy) is 2. The number of Topliss-reactive ketones (excluding diaryl/α,β-unsaturated/α-hetero) is 1. The van der Waals surface area contributed by atoms with Gasteiger partial charge < -0.3 is 24.8 Å². The van der Waals surface area contributed by atoms with Crippen LogP contribution < -0.4 is 4.74 Å². The number of benzene rings is 3. The number of ketones is 1. The monoisotopic (exact) mass is 556 g/mol. The van der Waals surface area contributed by atoms with Crippen LogP contribution in [0.2, 0.25) is 5.02 Å². The van der Waals surface area contributed by atoms with Gasteiger partial charge in [-0.25, -0.2) is 0 Å². The van der Waals surface area contributed by atoms with Crippen molar-refractivity contribution in [3.05, 3.63) is 94.0 Å². The zero-order valence-electron chi connectivity index (χ0n) is 21.4. The maximum absolute atomic E-state index is 12.3. The van der Waals surface area contributed by atoms with E-state index in [4.69, 9.17) is 21.1 Å². The van der Waals surface area contributed by atoms with Crippen LogP contribution in [-0.4, -0.2) is 57.9 Å². The van der Waals surface area contributed by atoms with Crippen LogP contribution in [-0.2, 0) is 11.2 Å². The molecule has 3 N–H and O–H groups in total. The summed E-state index contributed by atoms with van der Waals surface area (Å²) >= 11 is 7.89. The van der Waals surface area contributed by atoms with Gasteiger partial charge in [-0.05, 0) is 54.3 Å². The minimum atomic E-state index is -1.39. The Balaban J connectivity index is 1.52. The lowest BCUT2D eigenvalue weighted by molar-refractivity contribution is -0.218. The van der Waals surface area contributed by atoms with Crippen LogP contribution in [0, 0.1) is 0 Å². The quantitative estimate of drug-likeness (QED) is 0.232. The number of aliphatic hydroxyl groups is 3. The van der Waals surface area contributed by atoms with E-state index in [-0.39, 0.29) is 5.78 Å². The van der Waals surface area contributed by atoms with Crippen molar-refractivity contribution >= 4 is 29.1 Å². The van der Waals surface area contributed by atoms with Gasteiger partial charge in [0.2, 0.25) is 0 Å². The van der Waals surface area contributed by atoms with Crippen LogP contribution in [0.3, 0.4) is 0 Å². The second-order valence-corrected chi connectivity index (χ2v) is 10.7. The molecule has 0 spiro atoms. The second-order valence-electron chi connectivity index (χ2n) is 9.26. The Hall–Kier alpha value is -2.39. The van der Waals surface area contributed by atoms with E-state index in [0.29, 0.717) is 41.4 Å². The molecule has 202 valence electrons. The molecule has 1 fully saturated rings. The van der Waals surface area contributed by atoms with Crippen molar-refractivity contribution in [3.63, 3.8) is 0 Å². The summed E-state index contributed by atoms with van der Waals surface area (Å²) in [6.07, 6.45) is -4.66. The third kappa shape index (κ3) is 6.60. The molecular weight excluding hydrogens is 524 g/mol. The van der Waals surface area contributed by atoms with Crippen LogP contribution in [0.25, 0.3) is 0 Å². The van der Waals surface area contributed by atoms with Crippen molar-refractivity contribution in [2.75, 3.05) is 12.4 Å². The molecule has 5 atom stereocenters. The third-order valence-electron chi connectivity index (χ3n) is 6.65. The van der Waals surface area contributed by atoms with E-state index < -0.39 is 30.5 Å². The fourth-order valence-corrected chi connectivity index (χ4v) is 5.86. The molecule has 1 aliphatic rings. The molecule has 4 rings (SSSR count). The van der Waals surface area contributed by atoms with E-state index in [9.17, 15) is 20.1 Å². The van der Waals surface area contributed by atoms with Crippen molar-refractivity contribution in [3.8, 4) is 5.75 Å². The minimum Gasteiger partial charge on any atom is -0.494 e. The molecule has 1 heterocycles. The second kappa shape index (κ2) is 13.1. The van der Waals surface area contributed by atoms with E-state index in [1.165, 1.54) is 11.8 Å². The van der Waals surface area contributed by atoms with Crippen LogP contribution in [0.5, 0.6) is 5.75 Å². The Morgan fingerprint density at radius 1 is 0.974 bits per heavy atom. The summed E-state index contributed by atoms with van der Waals surface area (Å²) in [5, 5.41) is 32.7. The first-order valence-corrected chi connectivity index (χ1v) is 14.1. The lowest BCUT2D eigenvalue weighted by atomic mass is 9.90. The summed E-state index contributed by atoms with van der Waals surface area (Å²) in [7, 11) is 0. The Morgan fingerprint density at radius 3 is 2.42 bits per heavy atom. The first-order valence-electron chi connectivity index (χ1n) is 12.8. The van der Waals surface area contributed by atoms with Gasteiger partial charge in [-0.1, -0.05) is 61.0 Å². The lowest BCUT2D eigenvalue weighted by Gasteiger charge is -2.41. The Labute approximate surface area is 232 Å². The highest BCUT2D eigenvalue weighted by Crippen LogP contribution is 2.37. The van der Waals surface area contributed by atoms with E-state index in [0.717, 1.165) is 21.8 Å². The minimum absolute atomic E-state index is 0.0350. The number of aliphatic hydroxyl groups excluding tert-OH is 3. The highest BCUT2D eigenvalue weighted by Gasteiger charge is 2.44. The predicted molar refractivity (Wildman–Crippen MR) is 149 cm³/mol. The molecule has 0 radical (unpaired) electrons. The molecule has 6 nitrogen and oxygen atoms in total. The highest BCUT2D eigenvalue weighted by atomic mass is 35.5. The van der Waals surface area contributed by atoms with Gasteiger partial charge in [-0.2, -0.15) is 0 Å². The summed E-state index contributed by atoms with van der Waals surface area (Å²) in [6.45, 7) is 4.35. The molecule has 38 heavy (non-hydrogen) atoms. The molecule has 0 bridgehead atoms. The van der Waals surface area contributed by atoms with Crippen LogP contribution >= 0.6 is 23.4 Å². The van der Waals surface area contributed by atoms with Gasteiger partial charge >= 0.3 is 0 Å². The first-order chi connectivity index (χ1) is 18.3. The average molecular weight is 557 g/mol. The average Bonchev–Trinajstić information content (AvgIpc) is 2.93. The van der Waals surface area contributed by atoms with Gasteiger partial charge in [0.1, 0.15) is 30.2 Å². The molecule has 3 aromatic carbocycles. The summed E-state index contributed by atoms with van der Waals surface area (Å²) in [5.74, 6) is 1.13. The number of carbonyl (C=O) groups is 1. The van der Waals surface area contributed by atoms with Crippen LogP contribution in [0.1, 0.15) is 53.4 Å². The topological polar surface area (TPSA) is 96.2 Å². The van der Waals surface area contributed by atoms with Crippen LogP contribution in [0.15, 0.2) is 71.6 Å². The van der Waals surface area contributed by atoms with Crippen molar-refractivity contribution in [2.45, 2.75) is 62.1 Å². The zero-order valence-corrected chi connectivity index (χ0v) is 23.0. The summed E-state index contributed by atoms with van der Waals surface area (Å²) in [6, 6.07) is 20.5. The molecule has 0 amide bonds. The Bertz CT molecular complexity index is 1230. The van der Waals surface area contributed by atoms with Crippen molar-refractivity contribution in [1.82, 2.24) is 0 Å². The number of carbonyl (C=O) groups excluding carboxylic acids is 1. The fraction of sp³-hybridized carbons (Fsp3) is 0.367. The number of halogens is 1. The first kappa shape index (κ1) is 28.6. The molecule has 0 aliphatic carbocycles. The molecule has 1 aliphatic heterocycles. The molecule has 8 heteroatoms. The third-order valence-corrected chi connectivity index (χ3v) is 8.18. The fourth-order valence-electron chi connectivity index (χ4n) is 4.55. The maximum atomic E-state index is 12.3. The summed E-state index contributed by atoms with van der Waals surface area (Å²) < 4.78 is 11.7. The molecule has 1 saturated heterocycles. The number of hydrogen-bond acceptors (Lipinski definition) is 7. The molecule has 0 saturated carbocycles. The molecular formula is C30H33ClO6S. The van der Waals surface area contributed by atoms with E-state index >= 15 is 0 Å². The highest BCUT2D eigenvalue weighted by molar-refractivity contribution is 7.99. The number of hydrogen-bond donors (Lipinski definition) is 3. The zero-order chi connectivity index (χ0) is 27.2. The summed E-state index contributed by atoms with van der Waals surface area (Å²) in [4.78, 5) is 13.1. The predicted octanol–water partition coefficient (Wildman–Crippen LogP) is 5.24. The van der Waals surface area contributed by atoms with Crippen molar-refractivity contribution in [1.29, 1.82) is 0 Å². The van der Waals surface area contributed by atoms with Gasteiger partial charge in [0.15, 0.2) is 5.78 Å². The van der Waals surface area contributed by atoms with Crippen molar-refractivity contribution in [2.24, 2.45) is 0 Å². The van der Waals surface area contributed by atoms with Gasteiger partial charge in [0, 0.05) is 27.7 Å². The van der Waals surface area contributed by atoms with Gasteiger partial charge in [-0.15, -0.1) is 11.8 Å².